The number of phenols is 1. The van der Waals surface area contributed by atoms with Gasteiger partial charge in [-0.15, -0.1) is 0 Å². The Morgan fingerprint density at radius 1 is 1.05 bits per heavy atom. The van der Waals surface area contributed by atoms with Crippen molar-refractivity contribution in [2.24, 2.45) is 11.8 Å². The van der Waals surface area contributed by atoms with Gasteiger partial charge in [-0.25, -0.2) is 8.42 Å². The molecule has 0 aromatic heterocycles. The fourth-order valence-electron chi connectivity index (χ4n) is 2.26. The fraction of sp³-hybridized carbons (Fsp3) is 0.571. The van der Waals surface area contributed by atoms with Gasteiger partial charge in [-0.05, 0) is 49.7 Å². The zero-order valence-electron chi connectivity index (χ0n) is 10.8. The topological polar surface area (TPSA) is 57.6 Å². The largest absolute Gasteiger partial charge is 0.507 e. The van der Waals surface area contributed by atoms with Crippen LogP contribution in [0.15, 0.2) is 29.2 Å². The first-order valence-corrected chi connectivity index (χ1v) is 8.29. The van der Waals surface area contributed by atoms with Crippen molar-refractivity contribution in [3.63, 3.8) is 0 Å². The second-order valence-electron chi connectivity index (χ2n) is 5.68. The molecule has 104 valence electrons. The van der Waals surface area contributed by atoms with Crippen molar-refractivity contribution in [1.29, 1.82) is 0 Å². The molecule has 0 spiro atoms. The van der Waals surface area contributed by atoms with Gasteiger partial charge < -0.3 is 5.11 Å². The van der Waals surface area contributed by atoms with E-state index in [0.29, 0.717) is 24.9 Å². The first-order chi connectivity index (χ1) is 9.07. The number of benzene rings is 1. The van der Waals surface area contributed by atoms with Crippen molar-refractivity contribution in [2.45, 2.75) is 30.6 Å². The molecule has 0 atom stereocenters. The van der Waals surface area contributed by atoms with Gasteiger partial charge in [0.1, 0.15) is 10.6 Å². The van der Waals surface area contributed by atoms with Crippen molar-refractivity contribution in [1.82, 2.24) is 4.31 Å². The van der Waals surface area contributed by atoms with E-state index in [1.165, 1.54) is 12.1 Å². The van der Waals surface area contributed by atoms with Crippen LogP contribution in [0.5, 0.6) is 5.75 Å². The van der Waals surface area contributed by atoms with E-state index < -0.39 is 10.0 Å². The zero-order chi connectivity index (χ0) is 13.5. The van der Waals surface area contributed by atoms with Crippen LogP contribution in [0.25, 0.3) is 0 Å². The lowest BCUT2D eigenvalue weighted by Gasteiger charge is -2.22. The number of para-hydroxylation sites is 1. The number of nitrogens with zero attached hydrogens (tertiary/aromatic N) is 1. The van der Waals surface area contributed by atoms with Crippen LogP contribution in [0.4, 0.5) is 0 Å². The maximum Gasteiger partial charge on any atom is 0.246 e. The molecule has 2 fully saturated rings. The van der Waals surface area contributed by atoms with Crippen molar-refractivity contribution in [3.05, 3.63) is 24.3 Å². The molecule has 2 aliphatic carbocycles. The Morgan fingerprint density at radius 2 is 1.58 bits per heavy atom. The molecule has 0 saturated heterocycles. The number of rotatable bonds is 6. The smallest absolute Gasteiger partial charge is 0.246 e. The molecule has 2 saturated carbocycles. The fourth-order valence-corrected chi connectivity index (χ4v) is 3.94. The van der Waals surface area contributed by atoms with Gasteiger partial charge in [0.15, 0.2) is 0 Å². The number of hydrogen-bond donors (Lipinski definition) is 1. The highest BCUT2D eigenvalue weighted by Gasteiger charge is 2.36. The average Bonchev–Trinajstić information content (AvgIpc) is 3.23. The molecule has 4 nitrogen and oxygen atoms in total. The van der Waals surface area contributed by atoms with E-state index in [2.05, 4.69) is 0 Å². The van der Waals surface area contributed by atoms with Crippen LogP contribution in [-0.2, 0) is 10.0 Å². The first kappa shape index (κ1) is 12.9. The normalized spacial score (nSPS) is 19.8. The van der Waals surface area contributed by atoms with Crippen molar-refractivity contribution in [2.75, 3.05) is 13.1 Å². The summed E-state index contributed by atoms with van der Waals surface area (Å²) in [5.74, 6) is 0.873. The van der Waals surface area contributed by atoms with E-state index in [1.54, 1.807) is 16.4 Å². The molecule has 0 amide bonds. The molecular weight excluding hydrogens is 262 g/mol. The van der Waals surface area contributed by atoms with Crippen LogP contribution < -0.4 is 0 Å². The molecule has 0 unspecified atom stereocenters. The molecule has 0 bridgehead atoms. The quantitative estimate of drug-likeness (QED) is 0.869. The lowest BCUT2D eigenvalue weighted by atomic mass is 10.3. The van der Waals surface area contributed by atoms with Gasteiger partial charge >= 0.3 is 0 Å². The van der Waals surface area contributed by atoms with Gasteiger partial charge in [0.2, 0.25) is 10.0 Å². The maximum absolute atomic E-state index is 12.6. The number of sulfonamides is 1. The first-order valence-electron chi connectivity index (χ1n) is 6.85. The predicted molar refractivity (Wildman–Crippen MR) is 72.3 cm³/mol. The van der Waals surface area contributed by atoms with E-state index in [-0.39, 0.29) is 10.6 Å². The SMILES string of the molecule is O=S(=O)(c1ccccc1O)N(CC1CC1)CC1CC1. The molecule has 2 aliphatic rings. The van der Waals surface area contributed by atoms with E-state index in [4.69, 9.17) is 0 Å². The molecular formula is C14H19NO3S. The predicted octanol–water partition coefficient (Wildman–Crippen LogP) is 2.20. The summed E-state index contributed by atoms with van der Waals surface area (Å²) in [6.45, 7) is 1.21. The molecule has 19 heavy (non-hydrogen) atoms. The molecule has 0 radical (unpaired) electrons. The summed E-state index contributed by atoms with van der Waals surface area (Å²) < 4.78 is 26.9. The zero-order valence-corrected chi connectivity index (χ0v) is 11.6. The molecule has 1 aromatic carbocycles. The molecule has 5 heteroatoms. The van der Waals surface area contributed by atoms with Gasteiger partial charge in [0, 0.05) is 13.1 Å². The van der Waals surface area contributed by atoms with Crippen LogP contribution >= 0.6 is 0 Å². The van der Waals surface area contributed by atoms with Crippen molar-refractivity contribution < 1.29 is 13.5 Å². The summed E-state index contributed by atoms with van der Waals surface area (Å²) in [6, 6.07) is 6.20. The van der Waals surface area contributed by atoms with E-state index in [9.17, 15) is 13.5 Å². The molecule has 0 aliphatic heterocycles. The Balaban J connectivity index is 1.87. The highest BCUT2D eigenvalue weighted by Crippen LogP contribution is 2.37. The summed E-state index contributed by atoms with van der Waals surface area (Å²) >= 11 is 0. The Morgan fingerprint density at radius 3 is 2.05 bits per heavy atom. The third kappa shape index (κ3) is 2.92. The van der Waals surface area contributed by atoms with E-state index in [0.717, 1.165) is 25.7 Å². The minimum absolute atomic E-state index is 0.0382. The van der Waals surface area contributed by atoms with Crippen molar-refractivity contribution in [3.8, 4) is 5.75 Å². The Hall–Kier alpha value is -1.07. The molecule has 3 rings (SSSR count). The Bertz CT molecular complexity index is 548. The molecule has 0 heterocycles. The monoisotopic (exact) mass is 281 g/mol. The maximum atomic E-state index is 12.6. The van der Waals surface area contributed by atoms with Crippen LogP contribution in [0.1, 0.15) is 25.7 Å². The Kier molecular flexibility index (Phi) is 3.27. The van der Waals surface area contributed by atoms with Gasteiger partial charge in [-0.2, -0.15) is 4.31 Å². The summed E-state index contributed by atoms with van der Waals surface area (Å²) in [4.78, 5) is 0.0382. The number of phenolic OH excluding ortho intramolecular Hbond substituents is 1. The van der Waals surface area contributed by atoms with Gasteiger partial charge in [0.05, 0.1) is 0 Å². The third-order valence-corrected chi connectivity index (χ3v) is 5.68. The second kappa shape index (κ2) is 4.80. The average molecular weight is 281 g/mol. The Labute approximate surface area is 114 Å². The van der Waals surface area contributed by atoms with Gasteiger partial charge in [-0.3, -0.25) is 0 Å². The van der Waals surface area contributed by atoms with Gasteiger partial charge in [-0.1, -0.05) is 12.1 Å². The summed E-state index contributed by atoms with van der Waals surface area (Å²) in [6.07, 6.45) is 4.49. The van der Waals surface area contributed by atoms with Crippen LogP contribution in [0.3, 0.4) is 0 Å². The lowest BCUT2D eigenvalue weighted by Crippen LogP contribution is -2.34. The summed E-state index contributed by atoms with van der Waals surface area (Å²) in [7, 11) is -3.56. The van der Waals surface area contributed by atoms with E-state index in [1.807, 2.05) is 0 Å². The van der Waals surface area contributed by atoms with Crippen LogP contribution in [0, 0.1) is 11.8 Å². The van der Waals surface area contributed by atoms with Crippen molar-refractivity contribution >= 4 is 10.0 Å². The minimum Gasteiger partial charge on any atom is -0.507 e. The van der Waals surface area contributed by atoms with Crippen LogP contribution in [-0.4, -0.2) is 30.9 Å². The number of aromatic hydroxyl groups is 1. The minimum atomic E-state index is -3.56. The third-order valence-electron chi connectivity index (χ3n) is 3.80. The van der Waals surface area contributed by atoms with E-state index >= 15 is 0 Å². The summed E-state index contributed by atoms with van der Waals surface area (Å²) in [5, 5.41) is 9.79. The highest BCUT2D eigenvalue weighted by atomic mass is 32.2. The van der Waals surface area contributed by atoms with Gasteiger partial charge in [0.25, 0.3) is 0 Å². The lowest BCUT2D eigenvalue weighted by molar-refractivity contribution is 0.378. The van der Waals surface area contributed by atoms with Crippen LogP contribution in [0.2, 0.25) is 0 Å². The molecule has 1 N–H and O–H groups in total. The summed E-state index contributed by atoms with van der Waals surface area (Å²) in [5.41, 5.74) is 0. The standard InChI is InChI=1S/C14H19NO3S/c16-13-3-1-2-4-14(13)19(17,18)15(9-11-5-6-11)10-12-7-8-12/h1-4,11-12,16H,5-10H2. The number of hydrogen-bond acceptors (Lipinski definition) is 3. The highest BCUT2D eigenvalue weighted by molar-refractivity contribution is 7.89. The second-order valence-corrected chi connectivity index (χ2v) is 7.58. The molecule has 1 aromatic rings.